The highest BCUT2D eigenvalue weighted by molar-refractivity contribution is 14.0. The van der Waals surface area contributed by atoms with Crippen molar-refractivity contribution in [3.05, 3.63) is 29.3 Å². The van der Waals surface area contributed by atoms with Crippen LogP contribution in [0.15, 0.2) is 18.2 Å². The summed E-state index contributed by atoms with van der Waals surface area (Å²) < 4.78 is 5.04. The topological polar surface area (TPSA) is 63.6 Å². The van der Waals surface area contributed by atoms with Gasteiger partial charge in [0.1, 0.15) is 5.75 Å². The third-order valence-corrected chi connectivity index (χ3v) is 1.65. The van der Waals surface area contributed by atoms with Crippen LogP contribution in [0.3, 0.4) is 0 Å². The molecule has 0 radical (unpaired) electrons. The summed E-state index contributed by atoms with van der Waals surface area (Å²) in [5, 5.41) is 7.42. The van der Waals surface area contributed by atoms with Gasteiger partial charge in [0.2, 0.25) is 0 Å². The van der Waals surface area contributed by atoms with Gasteiger partial charge >= 0.3 is 5.97 Å². The van der Waals surface area contributed by atoms with E-state index in [1.807, 2.05) is 32.0 Å². The number of hydrogen-bond donors (Lipinski definition) is 1. The van der Waals surface area contributed by atoms with Crippen LogP contribution in [0.1, 0.15) is 25.0 Å². The largest absolute Gasteiger partial charge is 0.481 e. The molecule has 0 bridgehead atoms. The zero-order valence-electron chi connectivity index (χ0n) is 10.3. The summed E-state index contributed by atoms with van der Waals surface area (Å²) in [6.45, 7) is 6.34. The van der Waals surface area contributed by atoms with E-state index in [2.05, 4.69) is 0 Å². The van der Waals surface area contributed by atoms with Gasteiger partial charge < -0.3 is 9.84 Å². The van der Waals surface area contributed by atoms with Crippen molar-refractivity contribution in [1.82, 2.24) is 0 Å². The number of ether oxygens (including phenoxy) is 1. The first kappa shape index (κ1) is 18.3. The normalized spacial score (nSPS) is 8.24. The van der Waals surface area contributed by atoms with E-state index in [9.17, 15) is 4.79 Å². The van der Waals surface area contributed by atoms with Gasteiger partial charge in [-0.15, -0.1) is 24.0 Å². The van der Waals surface area contributed by atoms with Gasteiger partial charge in [-0.2, -0.15) is 0 Å². The summed E-state index contributed by atoms with van der Waals surface area (Å²) in [5.74, 6) is -0.419. The van der Waals surface area contributed by atoms with Crippen LogP contribution in [0.5, 0.6) is 5.75 Å². The van der Waals surface area contributed by atoms with Crippen LogP contribution in [0.25, 0.3) is 0 Å². The Morgan fingerprint density at radius 1 is 1.12 bits per heavy atom. The molecule has 0 aromatic heterocycles. The van der Waals surface area contributed by atoms with Crippen molar-refractivity contribution in [1.29, 1.82) is 0 Å². The number of para-hydroxylation sites is 1. The second-order valence-corrected chi connectivity index (χ2v) is 3.33. The van der Waals surface area contributed by atoms with Crippen LogP contribution in [0.4, 0.5) is 0 Å². The van der Waals surface area contributed by atoms with E-state index >= 15 is 0 Å². The molecule has 0 atom stereocenters. The molecule has 0 aliphatic rings. The molecule has 0 aliphatic heterocycles. The number of aryl methyl sites for hydroxylation is 2. The Labute approximate surface area is 118 Å². The molecule has 1 aromatic rings. The number of halogens is 1. The van der Waals surface area contributed by atoms with E-state index in [4.69, 9.17) is 14.6 Å². The Bertz CT molecular complexity index is 364. The minimum absolute atomic E-state index is 0. The molecule has 1 rings (SSSR count). The maximum atomic E-state index is 10.7. The quantitative estimate of drug-likeness (QED) is 0.480. The van der Waals surface area contributed by atoms with Crippen LogP contribution in [0.2, 0.25) is 0 Å². The van der Waals surface area contributed by atoms with Crippen molar-refractivity contribution < 1.29 is 19.4 Å². The Kier molecular flexibility index (Phi) is 9.64. The third kappa shape index (κ3) is 8.67. The number of carboxylic acid groups (broad SMARTS) is 1. The molecule has 17 heavy (non-hydrogen) atoms. The molecular formula is C12H17IO4. The van der Waals surface area contributed by atoms with Crippen LogP contribution in [0, 0.1) is 13.8 Å². The molecule has 96 valence electrons. The van der Waals surface area contributed by atoms with Gasteiger partial charge in [-0.25, -0.2) is 0 Å². The molecule has 1 N–H and O–H groups in total. The highest BCUT2D eigenvalue weighted by Gasteiger charge is 2.04. The van der Waals surface area contributed by atoms with Gasteiger partial charge in [-0.1, -0.05) is 18.2 Å². The molecule has 1 aromatic carbocycles. The summed E-state index contributed by atoms with van der Waals surface area (Å²) >= 11 is 0. The minimum atomic E-state index is -0.833. The van der Waals surface area contributed by atoms with E-state index in [0.717, 1.165) is 18.1 Å². The average molecular weight is 352 g/mol. The van der Waals surface area contributed by atoms with Gasteiger partial charge in [0, 0.05) is 13.8 Å². The molecule has 0 saturated heterocycles. The van der Waals surface area contributed by atoms with Crippen molar-refractivity contribution in [3.8, 4) is 5.75 Å². The molecule has 0 fully saturated rings. The second-order valence-electron chi connectivity index (χ2n) is 3.33. The molecule has 0 amide bonds. The van der Waals surface area contributed by atoms with Crippen LogP contribution in [-0.2, 0) is 9.59 Å². The monoisotopic (exact) mass is 352 g/mol. The zero-order valence-corrected chi connectivity index (χ0v) is 12.6. The Morgan fingerprint density at radius 3 is 1.76 bits per heavy atom. The first-order valence-corrected chi connectivity index (χ1v) is 4.78. The summed E-state index contributed by atoms with van der Waals surface area (Å²) in [7, 11) is 0. The van der Waals surface area contributed by atoms with Gasteiger partial charge in [-0.3, -0.25) is 9.59 Å². The Hall–Kier alpha value is -1.11. The van der Waals surface area contributed by atoms with Crippen molar-refractivity contribution in [2.75, 3.05) is 0 Å². The molecule has 0 aliphatic carbocycles. The number of carbonyl (C=O) groups is 2. The summed E-state index contributed by atoms with van der Waals surface area (Å²) in [4.78, 5) is 19.7. The van der Waals surface area contributed by atoms with Crippen LogP contribution >= 0.6 is 24.0 Å². The first-order valence-electron chi connectivity index (χ1n) is 4.78. The zero-order chi connectivity index (χ0) is 12.7. The lowest BCUT2D eigenvalue weighted by molar-refractivity contribution is -0.134. The molecule has 5 heteroatoms. The number of rotatable bonds is 1. The van der Waals surface area contributed by atoms with Crippen LogP contribution in [-0.4, -0.2) is 17.0 Å². The average Bonchev–Trinajstić information content (AvgIpc) is 2.10. The predicted molar refractivity (Wildman–Crippen MR) is 75.9 cm³/mol. The maximum Gasteiger partial charge on any atom is 0.308 e. The highest BCUT2D eigenvalue weighted by Crippen LogP contribution is 2.22. The standard InChI is InChI=1S/C10H12O2.C2H4O2.HI/c1-7-5-4-6-8(2)10(7)12-9(3)11;1-2(3)4;/h4-6H,1-3H3;1H3,(H,3,4);1H. The second kappa shape index (κ2) is 8.98. The van der Waals surface area contributed by atoms with E-state index in [0.29, 0.717) is 5.75 Å². The number of carboxylic acids is 1. The summed E-state index contributed by atoms with van der Waals surface area (Å²) in [6, 6.07) is 5.79. The lowest BCUT2D eigenvalue weighted by atomic mass is 10.1. The Balaban J connectivity index is 0. The molecule has 0 heterocycles. The summed E-state index contributed by atoms with van der Waals surface area (Å²) in [6.07, 6.45) is 0. The smallest absolute Gasteiger partial charge is 0.308 e. The van der Waals surface area contributed by atoms with Gasteiger partial charge in [0.25, 0.3) is 5.97 Å². The van der Waals surface area contributed by atoms with E-state index < -0.39 is 5.97 Å². The third-order valence-electron chi connectivity index (χ3n) is 1.65. The number of benzene rings is 1. The molecule has 4 nitrogen and oxygen atoms in total. The lowest BCUT2D eigenvalue weighted by Gasteiger charge is -2.07. The fourth-order valence-corrected chi connectivity index (χ4v) is 1.10. The molecule has 0 spiro atoms. The van der Waals surface area contributed by atoms with E-state index in [-0.39, 0.29) is 29.9 Å². The highest BCUT2D eigenvalue weighted by atomic mass is 127. The number of carbonyl (C=O) groups excluding carboxylic acids is 1. The fraction of sp³-hybridized carbons (Fsp3) is 0.333. The van der Waals surface area contributed by atoms with Crippen LogP contribution < -0.4 is 4.74 Å². The molecule has 0 unspecified atom stereocenters. The number of hydrogen-bond acceptors (Lipinski definition) is 3. The van der Waals surface area contributed by atoms with Crippen molar-refractivity contribution in [2.45, 2.75) is 27.7 Å². The minimum Gasteiger partial charge on any atom is -0.481 e. The van der Waals surface area contributed by atoms with Crippen molar-refractivity contribution in [2.24, 2.45) is 0 Å². The van der Waals surface area contributed by atoms with Gasteiger partial charge in [0.15, 0.2) is 0 Å². The van der Waals surface area contributed by atoms with Crippen molar-refractivity contribution in [3.63, 3.8) is 0 Å². The Morgan fingerprint density at radius 2 is 1.47 bits per heavy atom. The fourth-order valence-electron chi connectivity index (χ4n) is 1.10. The molecular weight excluding hydrogens is 335 g/mol. The first-order chi connectivity index (χ1) is 7.34. The number of aliphatic carboxylic acids is 1. The summed E-state index contributed by atoms with van der Waals surface area (Å²) in [5.41, 5.74) is 1.98. The van der Waals surface area contributed by atoms with Gasteiger partial charge in [-0.05, 0) is 25.0 Å². The predicted octanol–water partition coefficient (Wildman–Crippen LogP) is 2.94. The maximum absolute atomic E-state index is 10.7. The SMILES string of the molecule is CC(=O)O.CC(=O)Oc1c(C)cccc1C.I. The lowest BCUT2D eigenvalue weighted by Crippen LogP contribution is -2.04. The van der Waals surface area contributed by atoms with Gasteiger partial charge in [0.05, 0.1) is 0 Å². The van der Waals surface area contributed by atoms with E-state index in [1.54, 1.807) is 0 Å². The van der Waals surface area contributed by atoms with Crippen molar-refractivity contribution >= 4 is 35.9 Å². The molecule has 0 saturated carbocycles. The van der Waals surface area contributed by atoms with E-state index in [1.165, 1.54) is 6.92 Å². The number of esters is 1.